The largest absolute Gasteiger partial charge is 0.322 e. The fraction of sp³-hybridized carbons (Fsp3) is 0.562. The zero-order valence-corrected chi connectivity index (χ0v) is 12.6. The van der Waals surface area contributed by atoms with E-state index in [0.29, 0.717) is 18.0 Å². The minimum absolute atomic E-state index is 0.497. The molecular weight excluding hydrogens is 270 g/mol. The summed E-state index contributed by atoms with van der Waals surface area (Å²) in [6, 6.07) is 7.71. The lowest BCUT2D eigenvalue weighted by molar-refractivity contribution is 0.290. The third kappa shape index (κ3) is 1.73. The molecule has 1 aromatic heterocycles. The van der Waals surface area contributed by atoms with Crippen molar-refractivity contribution < 1.29 is 0 Å². The molecule has 2 aromatic rings. The Kier molecular flexibility index (Phi) is 3.00. The van der Waals surface area contributed by atoms with Gasteiger partial charge in [-0.2, -0.15) is 0 Å². The van der Waals surface area contributed by atoms with Crippen molar-refractivity contribution in [2.24, 2.45) is 0 Å². The van der Waals surface area contributed by atoms with Crippen molar-refractivity contribution in [3.8, 4) is 0 Å². The smallest absolute Gasteiger partial charge is 0.125 e. The van der Waals surface area contributed by atoms with Crippen molar-refractivity contribution in [2.45, 2.75) is 44.1 Å². The van der Waals surface area contributed by atoms with Crippen LogP contribution in [0.2, 0.25) is 0 Å². The maximum Gasteiger partial charge on any atom is 0.125 e. The average molecular weight is 290 g/mol. The van der Waals surface area contributed by atoms with E-state index in [2.05, 4.69) is 34.6 Å². The summed E-state index contributed by atoms with van der Waals surface area (Å²) < 4.78 is 2.44. The predicted molar refractivity (Wildman–Crippen MR) is 82.3 cm³/mol. The van der Waals surface area contributed by atoms with E-state index in [1.807, 2.05) is 0 Å². The van der Waals surface area contributed by atoms with Gasteiger partial charge < -0.3 is 4.57 Å². The molecule has 2 saturated heterocycles. The van der Waals surface area contributed by atoms with Crippen LogP contribution >= 0.6 is 11.6 Å². The molecule has 4 heteroatoms. The molecule has 106 valence electrons. The molecule has 2 aliphatic rings. The molecule has 0 aliphatic carbocycles. The summed E-state index contributed by atoms with van der Waals surface area (Å²) in [4.78, 5) is 7.45. The van der Waals surface area contributed by atoms with Gasteiger partial charge in [-0.05, 0) is 44.4 Å². The molecule has 0 N–H and O–H groups in total. The number of hydrogen-bond acceptors (Lipinski definition) is 2. The van der Waals surface area contributed by atoms with Crippen LogP contribution in [-0.4, -0.2) is 33.6 Å². The van der Waals surface area contributed by atoms with E-state index in [0.717, 1.165) is 11.3 Å². The lowest BCUT2D eigenvalue weighted by atomic mass is 10.1. The number of imidazole rings is 1. The topological polar surface area (TPSA) is 21.1 Å². The molecule has 0 radical (unpaired) electrons. The second kappa shape index (κ2) is 4.74. The van der Waals surface area contributed by atoms with Gasteiger partial charge in [0, 0.05) is 12.6 Å². The molecule has 20 heavy (non-hydrogen) atoms. The van der Waals surface area contributed by atoms with Gasteiger partial charge in [-0.25, -0.2) is 4.98 Å². The van der Waals surface area contributed by atoms with Crippen molar-refractivity contribution in [3.63, 3.8) is 0 Å². The highest BCUT2D eigenvalue weighted by Crippen LogP contribution is 2.39. The summed E-state index contributed by atoms with van der Waals surface area (Å²) >= 11 is 6.18. The van der Waals surface area contributed by atoms with Crippen LogP contribution in [0.3, 0.4) is 0 Å². The van der Waals surface area contributed by atoms with E-state index in [9.17, 15) is 0 Å². The molecule has 2 unspecified atom stereocenters. The zero-order chi connectivity index (χ0) is 13.7. The van der Waals surface area contributed by atoms with Gasteiger partial charge >= 0.3 is 0 Å². The highest BCUT2D eigenvalue weighted by molar-refractivity contribution is 6.16. The number of hydrogen-bond donors (Lipinski definition) is 0. The molecule has 0 spiro atoms. The van der Waals surface area contributed by atoms with Crippen LogP contribution < -0.4 is 0 Å². The van der Waals surface area contributed by atoms with Crippen molar-refractivity contribution in [2.75, 3.05) is 13.1 Å². The summed E-state index contributed by atoms with van der Waals surface area (Å²) in [5, 5.41) is 0. The molecule has 3 nitrogen and oxygen atoms in total. The van der Waals surface area contributed by atoms with E-state index in [4.69, 9.17) is 16.6 Å². The Labute approximate surface area is 124 Å². The van der Waals surface area contributed by atoms with Gasteiger partial charge in [0.15, 0.2) is 0 Å². The van der Waals surface area contributed by atoms with E-state index in [1.54, 1.807) is 0 Å². The van der Waals surface area contributed by atoms with Gasteiger partial charge in [0.25, 0.3) is 0 Å². The van der Waals surface area contributed by atoms with Crippen LogP contribution in [-0.2, 0) is 5.88 Å². The molecule has 0 bridgehead atoms. The molecule has 0 amide bonds. The molecule has 1 aromatic carbocycles. The zero-order valence-electron chi connectivity index (χ0n) is 11.8. The minimum Gasteiger partial charge on any atom is -0.322 e. The van der Waals surface area contributed by atoms with E-state index in [-0.39, 0.29) is 0 Å². The van der Waals surface area contributed by atoms with Gasteiger partial charge in [0.05, 0.1) is 23.0 Å². The Morgan fingerprint density at radius 1 is 1.25 bits per heavy atom. The van der Waals surface area contributed by atoms with Gasteiger partial charge in [0.1, 0.15) is 5.82 Å². The van der Waals surface area contributed by atoms with Crippen LogP contribution in [0.25, 0.3) is 11.0 Å². The molecule has 2 atom stereocenters. The van der Waals surface area contributed by atoms with Crippen molar-refractivity contribution in [1.29, 1.82) is 0 Å². The Balaban J connectivity index is 1.88. The lowest BCUT2D eigenvalue weighted by Gasteiger charge is -2.23. The number of benzene rings is 1. The SMILES string of the molecule is Cc1cccc2c1nc(CCl)n2C1CCN2CCCC12. The normalized spacial score (nSPS) is 26.5. The fourth-order valence-corrected chi connectivity index (χ4v) is 4.32. The summed E-state index contributed by atoms with van der Waals surface area (Å²) in [6.07, 6.45) is 3.88. The number of aromatic nitrogens is 2. The van der Waals surface area contributed by atoms with E-state index >= 15 is 0 Å². The van der Waals surface area contributed by atoms with Crippen LogP contribution in [0.15, 0.2) is 18.2 Å². The molecular formula is C16H20ClN3. The Bertz CT molecular complexity index is 648. The first-order chi connectivity index (χ1) is 9.79. The van der Waals surface area contributed by atoms with Gasteiger partial charge in [-0.15, -0.1) is 11.6 Å². The first-order valence-corrected chi connectivity index (χ1v) is 8.09. The third-order valence-electron chi connectivity index (χ3n) is 5.02. The Morgan fingerprint density at radius 3 is 3.00 bits per heavy atom. The highest BCUT2D eigenvalue weighted by atomic mass is 35.5. The van der Waals surface area contributed by atoms with Crippen LogP contribution in [0.4, 0.5) is 0 Å². The number of para-hydroxylation sites is 1. The van der Waals surface area contributed by atoms with Gasteiger partial charge in [-0.1, -0.05) is 12.1 Å². The number of halogens is 1. The first-order valence-electron chi connectivity index (χ1n) is 7.56. The van der Waals surface area contributed by atoms with E-state index in [1.165, 1.54) is 43.4 Å². The van der Waals surface area contributed by atoms with Crippen molar-refractivity contribution >= 4 is 22.6 Å². The van der Waals surface area contributed by atoms with Crippen molar-refractivity contribution in [1.82, 2.24) is 14.5 Å². The van der Waals surface area contributed by atoms with Crippen LogP contribution in [0, 0.1) is 6.92 Å². The number of rotatable bonds is 2. The molecule has 3 heterocycles. The van der Waals surface area contributed by atoms with Gasteiger partial charge in [0.2, 0.25) is 0 Å². The summed E-state index contributed by atoms with van der Waals surface area (Å²) in [5.74, 6) is 1.53. The quantitative estimate of drug-likeness (QED) is 0.789. The second-order valence-corrected chi connectivity index (χ2v) is 6.34. The summed E-state index contributed by atoms with van der Waals surface area (Å²) in [6.45, 7) is 4.62. The number of fused-ring (bicyclic) bond motifs is 2. The maximum atomic E-state index is 6.18. The fourth-order valence-electron chi connectivity index (χ4n) is 4.13. The molecule has 2 aliphatic heterocycles. The average Bonchev–Trinajstić information content (AvgIpc) is 3.11. The Hall–Kier alpha value is -1.06. The molecule has 2 fully saturated rings. The summed E-state index contributed by atoms with van der Waals surface area (Å²) in [5.41, 5.74) is 3.63. The van der Waals surface area contributed by atoms with Gasteiger partial charge in [-0.3, -0.25) is 4.90 Å². The van der Waals surface area contributed by atoms with Crippen LogP contribution in [0.5, 0.6) is 0 Å². The number of alkyl halides is 1. The van der Waals surface area contributed by atoms with Crippen LogP contribution in [0.1, 0.15) is 36.7 Å². The molecule has 0 saturated carbocycles. The first kappa shape index (κ1) is 12.7. The monoisotopic (exact) mass is 289 g/mol. The highest BCUT2D eigenvalue weighted by Gasteiger charge is 2.39. The van der Waals surface area contributed by atoms with E-state index < -0.39 is 0 Å². The maximum absolute atomic E-state index is 6.18. The number of aryl methyl sites for hydroxylation is 1. The standard InChI is InChI=1S/C16H20ClN3/c1-11-4-2-5-14-16(11)18-15(10-17)20(14)13-7-9-19-8-3-6-12(13)19/h2,4-5,12-13H,3,6-10H2,1H3. The summed E-state index contributed by atoms with van der Waals surface area (Å²) in [7, 11) is 0. The van der Waals surface area contributed by atoms with Crippen molar-refractivity contribution in [3.05, 3.63) is 29.6 Å². The Morgan fingerprint density at radius 2 is 2.15 bits per heavy atom. The minimum atomic E-state index is 0.497. The predicted octanol–water partition coefficient (Wildman–Crippen LogP) is 3.49. The third-order valence-corrected chi connectivity index (χ3v) is 5.26. The molecule has 4 rings (SSSR count). The number of nitrogens with zero attached hydrogens (tertiary/aromatic N) is 3. The second-order valence-electron chi connectivity index (χ2n) is 6.08. The lowest BCUT2D eigenvalue weighted by Crippen LogP contribution is -2.28.